The molecule has 1 aliphatic heterocycles. The lowest BCUT2D eigenvalue weighted by Crippen LogP contribution is -2.35. The number of methoxy groups -OCH3 is 1. The van der Waals surface area contributed by atoms with E-state index < -0.39 is 0 Å². The largest absolute Gasteiger partial charge is 0.497 e. The van der Waals surface area contributed by atoms with E-state index in [4.69, 9.17) is 13.9 Å². The minimum atomic E-state index is -0.256. The van der Waals surface area contributed by atoms with Gasteiger partial charge in [0, 0.05) is 36.3 Å². The van der Waals surface area contributed by atoms with Crippen molar-refractivity contribution < 1.29 is 18.7 Å². The number of nitrogens with one attached hydrogen (secondary N) is 1. The van der Waals surface area contributed by atoms with Crippen molar-refractivity contribution in [3.63, 3.8) is 0 Å². The fourth-order valence-corrected chi connectivity index (χ4v) is 3.44. The number of fused-ring (bicyclic) bond motifs is 1. The van der Waals surface area contributed by atoms with Crippen LogP contribution in [0.2, 0.25) is 0 Å². The summed E-state index contributed by atoms with van der Waals surface area (Å²) >= 11 is 0. The number of carbonyl (C=O) groups excluding carboxylic acids is 1. The van der Waals surface area contributed by atoms with Gasteiger partial charge in [0.25, 0.3) is 5.91 Å². The average Bonchev–Trinajstić information content (AvgIpc) is 3.06. The van der Waals surface area contributed by atoms with Crippen LogP contribution in [0, 0.1) is 6.92 Å². The molecule has 146 valence electrons. The topological polar surface area (TPSA) is 63.9 Å². The van der Waals surface area contributed by atoms with Crippen LogP contribution in [0.15, 0.2) is 46.9 Å². The molecule has 1 aromatic heterocycles. The van der Waals surface area contributed by atoms with Crippen LogP contribution in [0.4, 0.5) is 5.69 Å². The van der Waals surface area contributed by atoms with Crippen LogP contribution in [-0.4, -0.2) is 44.2 Å². The Labute approximate surface area is 164 Å². The van der Waals surface area contributed by atoms with E-state index in [2.05, 4.69) is 10.2 Å². The van der Waals surface area contributed by atoms with Crippen LogP contribution in [0.5, 0.6) is 5.75 Å². The molecule has 1 N–H and O–H groups in total. The van der Waals surface area contributed by atoms with Gasteiger partial charge >= 0.3 is 0 Å². The van der Waals surface area contributed by atoms with Crippen molar-refractivity contribution in [1.29, 1.82) is 0 Å². The number of anilines is 1. The van der Waals surface area contributed by atoms with Gasteiger partial charge in [-0.25, -0.2) is 0 Å². The lowest BCUT2D eigenvalue weighted by molar-refractivity contribution is 0.0342. The summed E-state index contributed by atoms with van der Waals surface area (Å²) in [5.74, 6) is 0.799. The van der Waals surface area contributed by atoms with Gasteiger partial charge < -0.3 is 19.2 Å². The smallest absolute Gasteiger partial charge is 0.291 e. The highest BCUT2D eigenvalue weighted by Crippen LogP contribution is 2.29. The number of benzene rings is 2. The van der Waals surface area contributed by atoms with Gasteiger partial charge in [0.2, 0.25) is 0 Å². The van der Waals surface area contributed by atoms with Crippen LogP contribution in [-0.2, 0) is 11.3 Å². The Hall–Kier alpha value is -2.83. The number of ether oxygens (including phenoxy) is 2. The number of furan rings is 1. The van der Waals surface area contributed by atoms with E-state index >= 15 is 0 Å². The van der Waals surface area contributed by atoms with Gasteiger partial charge in [-0.2, -0.15) is 0 Å². The van der Waals surface area contributed by atoms with Crippen LogP contribution in [0.3, 0.4) is 0 Å². The Morgan fingerprint density at radius 2 is 1.89 bits per heavy atom. The van der Waals surface area contributed by atoms with E-state index in [1.807, 2.05) is 49.4 Å². The highest BCUT2D eigenvalue weighted by molar-refractivity contribution is 6.06. The normalized spacial score (nSPS) is 14.9. The molecule has 0 aliphatic carbocycles. The van der Waals surface area contributed by atoms with E-state index in [0.29, 0.717) is 11.3 Å². The monoisotopic (exact) mass is 380 g/mol. The van der Waals surface area contributed by atoms with Crippen molar-refractivity contribution in [3.05, 3.63) is 59.4 Å². The molecule has 0 spiro atoms. The standard InChI is InChI=1S/C22H24N2O4/c1-15-19-13-18(26-2)7-8-20(19)28-21(15)22(25)23-17-5-3-16(4-6-17)14-24-9-11-27-12-10-24/h3-8,13H,9-12,14H2,1-2H3,(H,23,25). The second-order valence-electron chi connectivity index (χ2n) is 6.96. The van der Waals surface area contributed by atoms with E-state index in [1.54, 1.807) is 7.11 Å². The number of hydrogen-bond donors (Lipinski definition) is 1. The van der Waals surface area contributed by atoms with Gasteiger partial charge in [0.1, 0.15) is 11.3 Å². The number of hydrogen-bond acceptors (Lipinski definition) is 5. The van der Waals surface area contributed by atoms with Crippen LogP contribution >= 0.6 is 0 Å². The van der Waals surface area contributed by atoms with Gasteiger partial charge in [-0.1, -0.05) is 12.1 Å². The van der Waals surface area contributed by atoms with Crippen LogP contribution in [0.25, 0.3) is 11.0 Å². The van der Waals surface area contributed by atoms with E-state index in [1.165, 1.54) is 5.56 Å². The molecule has 0 atom stereocenters. The van der Waals surface area contributed by atoms with E-state index in [-0.39, 0.29) is 5.91 Å². The molecule has 0 saturated carbocycles. The first-order chi connectivity index (χ1) is 13.6. The maximum atomic E-state index is 12.7. The Bertz CT molecular complexity index is 972. The lowest BCUT2D eigenvalue weighted by Gasteiger charge is -2.26. The van der Waals surface area contributed by atoms with E-state index in [0.717, 1.165) is 55.2 Å². The molecule has 28 heavy (non-hydrogen) atoms. The highest BCUT2D eigenvalue weighted by Gasteiger charge is 2.18. The molecule has 0 bridgehead atoms. The maximum Gasteiger partial charge on any atom is 0.291 e. The molecule has 1 saturated heterocycles. The van der Waals surface area contributed by atoms with Crippen LogP contribution < -0.4 is 10.1 Å². The van der Waals surface area contributed by atoms with Crippen molar-refractivity contribution in [2.45, 2.75) is 13.5 Å². The predicted octanol–water partition coefficient (Wildman–Crippen LogP) is 3.83. The summed E-state index contributed by atoms with van der Waals surface area (Å²) in [6.45, 7) is 6.25. The predicted molar refractivity (Wildman–Crippen MR) is 108 cm³/mol. The molecule has 0 unspecified atom stereocenters. The molecule has 1 fully saturated rings. The third kappa shape index (κ3) is 3.88. The van der Waals surface area contributed by atoms with Gasteiger partial charge in [-0.15, -0.1) is 0 Å². The minimum Gasteiger partial charge on any atom is -0.497 e. The molecule has 0 radical (unpaired) electrons. The van der Waals surface area contributed by atoms with Crippen molar-refractivity contribution >= 4 is 22.6 Å². The Morgan fingerprint density at radius 3 is 2.61 bits per heavy atom. The van der Waals surface area contributed by atoms with E-state index in [9.17, 15) is 4.79 Å². The van der Waals surface area contributed by atoms with Crippen molar-refractivity contribution in [3.8, 4) is 5.75 Å². The maximum absolute atomic E-state index is 12.7. The molecule has 6 nitrogen and oxygen atoms in total. The number of morpholine rings is 1. The molecule has 4 rings (SSSR count). The number of rotatable bonds is 5. The van der Waals surface area contributed by atoms with Gasteiger partial charge in [0.15, 0.2) is 5.76 Å². The van der Waals surface area contributed by atoms with Crippen molar-refractivity contribution in [2.75, 3.05) is 38.7 Å². The second-order valence-corrected chi connectivity index (χ2v) is 6.96. The molecule has 1 amide bonds. The number of nitrogens with zero attached hydrogens (tertiary/aromatic N) is 1. The van der Waals surface area contributed by atoms with Gasteiger partial charge in [0.05, 0.1) is 20.3 Å². The zero-order valence-corrected chi connectivity index (χ0v) is 16.2. The Morgan fingerprint density at radius 1 is 1.14 bits per heavy atom. The summed E-state index contributed by atoms with van der Waals surface area (Å²) in [6.07, 6.45) is 0. The zero-order valence-electron chi connectivity index (χ0n) is 16.2. The summed E-state index contributed by atoms with van der Waals surface area (Å²) in [4.78, 5) is 15.1. The number of carbonyl (C=O) groups is 1. The fourth-order valence-electron chi connectivity index (χ4n) is 3.44. The Kier molecular flexibility index (Phi) is 5.32. The summed E-state index contributed by atoms with van der Waals surface area (Å²) in [6, 6.07) is 13.5. The first-order valence-electron chi connectivity index (χ1n) is 9.41. The first-order valence-corrected chi connectivity index (χ1v) is 9.41. The van der Waals surface area contributed by atoms with Crippen LogP contribution in [0.1, 0.15) is 21.7 Å². The third-order valence-corrected chi connectivity index (χ3v) is 5.07. The zero-order chi connectivity index (χ0) is 19.5. The lowest BCUT2D eigenvalue weighted by atomic mass is 10.1. The molecule has 2 heterocycles. The summed E-state index contributed by atoms with van der Waals surface area (Å²) in [5, 5.41) is 3.80. The molecular weight excluding hydrogens is 356 g/mol. The number of amides is 1. The quantitative estimate of drug-likeness (QED) is 0.729. The molecule has 6 heteroatoms. The molecule has 2 aromatic carbocycles. The average molecular weight is 380 g/mol. The fraction of sp³-hybridized carbons (Fsp3) is 0.318. The highest BCUT2D eigenvalue weighted by atomic mass is 16.5. The molecular formula is C22H24N2O4. The summed E-state index contributed by atoms with van der Waals surface area (Å²) < 4.78 is 16.4. The summed E-state index contributed by atoms with van der Waals surface area (Å²) in [5.41, 5.74) is 3.43. The number of aryl methyl sites for hydroxylation is 1. The minimum absolute atomic E-state index is 0.256. The Balaban J connectivity index is 1.46. The third-order valence-electron chi connectivity index (χ3n) is 5.07. The molecule has 1 aliphatic rings. The molecule has 3 aromatic rings. The first kappa shape index (κ1) is 18.5. The second kappa shape index (κ2) is 8.04. The van der Waals surface area contributed by atoms with Crippen molar-refractivity contribution in [1.82, 2.24) is 4.90 Å². The SMILES string of the molecule is COc1ccc2oc(C(=O)Nc3ccc(CN4CCOCC4)cc3)c(C)c2c1. The van der Waals surface area contributed by atoms with Crippen molar-refractivity contribution in [2.24, 2.45) is 0 Å². The van der Waals surface area contributed by atoms with Gasteiger partial charge in [-0.05, 0) is 42.8 Å². The van der Waals surface area contributed by atoms with Gasteiger partial charge in [-0.3, -0.25) is 9.69 Å². The summed E-state index contributed by atoms with van der Waals surface area (Å²) in [7, 11) is 1.62.